The van der Waals surface area contributed by atoms with E-state index < -0.39 is 23.9 Å². The molecule has 3 aromatic rings. The molecule has 0 radical (unpaired) electrons. The SMILES string of the molecule is O=C(O)CC[C@@H](NC(=O)c1ccc(CCc2c[nH]c3nc[nH]c(=O)c23)cc1)C(=O)O. The number of nitrogens with one attached hydrogen (secondary N) is 3. The van der Waals surface area contributed by atoms with Crippen LogP contribution in [0.25, 0.3) is 11.0 Å². The highest BCUT2D eigenvalue weighted by Gasteiger charge is 2.21. The number of carboxylic acids is 2. The molecule has 0 saturated carbocycles. The molecular formula is C20H20N4O6. The van der Waals surface area contributed by atoms with Gasteiger partial charge in [-0.1, -0.05) is 12.1 Å². The Hall–Kier alpha value is -3.95. The van der Waals surface area contributed by atoms with E-state index in [0.717, 1.165) is 11.1 Å². The maximum Gasteiger partial charge on any atom is 0.326 e. The van der Waals surface area contributed by atoms with Crippen LogP contribution in [0.3, 0.4) is 0 Å². The van der Waals surface area contributed by atoms with Crippen molar-refractivity contribution in [2.24, 2.45) is 0 Å². The van der Waals surface area contributed by atoms with Gasteiger partial charge in [-0.3, -0.25) is 14.4 Å². The third-order valence-corrected chi connectivity index (χ3v) is 4.71. The summed E-state index contributed by atoms with van der Waals surface area (Å²) in [5.41, 5.74) is 2.36. The first kappa shape index (κ1) is 20.8. The summed E-state index contributed by atoms with van der Waals surface area (Å²) in [7, 11) is 0. The zero-order chi connectivity index (χ0) is 21.7. The molecule has 0 aliphatic carbocycles. The van der Waals surface area contributed by atoms with Crippen LogP contribution in [0, 0.1) is 0 Å². The normalized spacial score (nSPS) is 11.9. The average molecular weight is 412 g/mol. The number of amides is 1. The third kappa shape index (κ3) is 4.90. The Balaban J connectivity index is 1.62. The first-order valence-electron chi connectivity index (χ1n) is 9.23. The fourth-order valence-electron chi connectivity index (χ4n) is 3.10. The molecule has 0 saturated heterocycles. The van der Waals surface area contributed by atoms with Gasteiger partial charge in [0.25, 0.3) is 11.5 Å². The molecule has 5 N–H and O–H groups in total. The highest BCUT2D eigenvalue weighted by atomic mass is 16.4. The molecule has 0 unspecified atom stereocenters. The summed E-state index contributed by atoms with van der Waals surface area (Å²) in [5.74, 6) is -3.01. The number of aliphatic carboxylic acids is 2. The van der Waals surface area contributed by atoms with E-state index in [1.165, 1.54) is 6.33 Å². The maximum absolute atomic E-state index is 12.3. The number of aromatic nitrogens is 3. The molecule has 10 heteroatoms. The Morgan fingerprint density at radius 3 is 2.47 bits per heavy atom. The number of carboxylic acid groups (broad SMARTS) is 2. The lowest BCUT2D eigenvalue weighted by Gasteiger charge is -2.13. The molecule has 2 heterocycles. The molecule has 3 rings (SSSR count). The van der Waals surface area contributed by atoms with Crippen molar-refractivity contribution in [3.63, 3.8) is 0 Å². The van der Waals surface area contributed by atoms with Gasteiger partial charge < -0.3 is 25.5 Å². The van der Waals surface area contributed by atoms with Gasteiger partial charge in [0.1, 0.15) is 11.7 Å². The summed E-state index contributed by atoms with van der Waals surface area (Å²) in [6, 6.07) is 5.37. The second-order valence-electron chi connectivity index (χ2n) is 6.76. The maximum atomic E-state index is 12.3. The van der Waals surface area contributed by atoms with Crippen molar-refractivity contribution >= 4 is 28.9 Å². The van der Waals surface area contributed by atoms with Crippen LogP contribution >= 0.6 is 0 Å². The number of hydrogen-bond donors (Lipinski definition) is 5. The van der Waals surface area contributed by atoms with Gasteiger partial charge in [0, 0.05) is 18.2 Å². The summed E-state index contributed by atoms with van der Waals surface area (Å²) in [6.45, 7) is 0. The molecule has 0 bridgehead atoms. The Labute approximate surface area is 170 Å². The van der Waals surface area contributed by atoms with E-state index in [9.17, 15) is 19.2 Å². The molecule has 0 aliphatic rings. The van der Waals surface area contributed by atoms with Crippen LogP contribution in [-0.4, -0.2) is 49.1 Å². The Morgan fingerprint density at radius 1 is 1.07 bits per heavy atom. The van der Waals surface area contributed by atoms with Gasteiger partial charge in [-0.25, -0.2) is 9.78 Å². The van der Waals surface area contributed by atoms with Crippen LogP contribution in [0.4, 0.5) is 0 Å². The lowest BCUT2D eigenvalue weighted by molar-refractivity contribution is -0.140. The molecule has 1 amide bonds. The zero-order valence-electron chi connectivity index (χ0n) is 15.8. The van der Waals surface area contributed by atoms with Gasteiger partial charge in [-0.2, -0.15) is 0 Å². The third-order valence-electron chi connectivity index (χ3n) is 4.71. The lowest BCUT2D eigenvalue weighted by atomic mass is 10.0. The highest BCUT2D eigenvalue weighted by Crippen LogP contribution is 2.15. The number of aryl methyl sites for hydroxylation is 2. The standard InChI is InChI=1S/C20H20N4O6/c25-15(26)8-7-14(20(29)30)24-18(27)12-4-1-11(2-5-12)3-6-13-9-21-17-16(13)19(28)23-10-22-17/h1-2,4-5,9-10,14H,3,6-8H2,(H,24,27)(H,25,26)(H,29,30)(H2,21,22,23,28)/t14-/m1/s1. The summed E-state index contributed by atoms with van der Waals surface area (Å²) < 4.78 is 0. The van der Waals surface area contributed by atoms with Gasteiger partial charge in [0.05, 0.1) is 11.7 Å². The fraction of sp³-hybridized carbons (Fsp3) is 0.250. The number of fused-ring (bicyclic) bond motifs is 1. The van der Waals surface area contributed by atoms with Gasteiger partial charge in [-0.15, -0.1) is 0 Å². The second-order valence-corrected chi connectivity index (χ2v) is 6.76. The van der Waals surface area contributed by atoms with E-state index in [4.69, 9.17) is 10.2 Å². The summed E-state index contributed by atoms with van der Waals surface area (Å²) >= 11 is 0. The number of benzene rings is 1. The van der Waals surface area contributed by atoms with Gasteiger partial charge in [-0.05, 0) is 42.5 Å². The summed E-state index contributed by atoms with van der Waals surface area (Å²) in [4.78, 5) is 55.7. The topological polar surface area (TPSA) is 165 Å². The van der Waals surface area contributed by atoms with Crippen LogP contribution in [0.15, 0.2) is 41.6 Å². The first-order valence-corrected chi connectivity index (χ1v) is 9.23. The van der Waals surface area contributed by atoms with E-state index >= 15 is 0 Å². The molecule has 0 aliphatic heterocycles. The van der Waals surface area contributed by atoms with Crippen molar-refractivity contribution < 1.29 is 24.6 Å². The van der Waals surface area contributed by atoms with Crippen LogP contribution in [0.2, 0.25) is 0 Å². The lowest BCUT2D eigenvalue weighted by Crippen LogP contribution is -2.41. The van der Waals surface area contributed by atoms with Crippen LogP contribution in [0.5, 0.6) is 0 Å². The monoisotopic (exact) mass is 412 g/mol. The minimum Gasteiger partial charge on any atom is -0.481 e. The van der Waals surface area contributed by atoms with Crippen molar-refractivity contribution in [2.75, 3.05) is 0 Å². The predicted octanol–water partition coefficient (Wildman–Crippen LogP) is 1.08. The molecule has 2 aromatic heterocycles. The smallest absolute Gasteiger partial charge is 0.326 e. The molecule has 1 aromatic carbocycles. The van der Waals surface area contributed by atoms with Crippen molar-refractivity contribution in [2.45, 2.75) is 31.7 Å². The van der Waals surface area contributed by atoms with Crippen molar-refractivity contribution in [3.8, 4) is 0 Å². The highest BCUT2D eigenvalue weighted by molar-refractivity contribution is 5.96. The van der Waals surface area contributed by atoms with E-state index in [-0.39, 0.29) is 24.0 Å². The molecule has 156 valence electrons. The number of rotatable bonds is 9. The number of carbonyl (C=O) groups excluding carboxylic acids is 1. The molecule has 1 atom stereocenters. The largest absolute Gasteiger partial charge is 0.481 e. The van der Waals surface area contributed by atoms with Crippen LogP contribution in [0.1, 0.15) is 34.3 Å². The van der Waals surface area contributed by atoms with E-state index in [2.05, 4.69) is 20.3 Å². The van der Waals surface area contributed by atoms with Crippen molar-refractivity contribution in [1.29, 1.82) is 0 Å². The number of carbonyl (C=O) groups is 3. The van der Waals surface area contributed by atoms with Crippen LogP contribution in [-0.2, 0) is 22.4 Å². The number of hydrogen-bond acceptors (Lipinski definition) is 5. The Kier molecular flexibility index (Phi) is 6.26. The van der Waals surface area contributed by atoms with Crippen molar-refractivity contribution in [1.82, 2.24) is 20.3 Å². The number of aromatic amines is 2. The summed E-state index contributed by atoms with van der Waals surface area (Å²) in [6.07, 6.45) is 3.74. The quantitative estimate of drug-likeness (QED) is 0.351. The number of nitrogens with zero attached hydrogens (tertiary/aromatic N) is 1. The zero-order valence-corrected chi connectivity index (χ0v) is 15.8. The van der Waals surface area contributed by atoms with Gasteiger partial charge in [0.2, 0.25) is 0 Å². The second kappa shape index (κ2) is 9.03. The Morgan fingerprint density at radius 2 is 1.80 bits per heavy atom. The molecule has 0 fully saturated rings. The van der Waals surface area contributed by atoms with E-state index in [1.807, 2.05) is 0 Å². The van der Waals surface area contributed by atoms with E-state index in [1.54, 1.807) is 30.5 Å². The predicted molar refractivity (Wildman–Crippen MR) is 106 cm³/mol. The average Bonchev–Trinajstić information content (AvgIpc) is 3.14. The van der Waals surface area contributed by atoms with E-state index in [0.29, 0.717) is 23.9 Å². The Bertz CT molecular complexity index is 1130. The van der Waals surface area contributed by atoms with Crippen molar-refractivity contribution in [3.05, 3.63) is 63.8 Å². The molecule has 30 heavy (non-hydrogen) atoms. The molecule has 10 nitrogen and oxygen atoms in total. The molecular weight excluding hydrogens is 392 g/mol. The minimum absolute atomic E-state index is 0.201. The first-order chi connectivity index (χ1) is 14.3. The fourth-order valence-corrected chi connectivity index (χ4v) is 3.10. The molecule has 0 spiro atoms. The number of H-pyrrole nitrogens is 2. The van der Waals surface area contributed by atoms with Gasteiger partial charge in [0.15, 0.2) is 0 Å². The minimum atomic E-state index is -1.29. The van der Waals surface area contributed by atoms with Crippen LogP contribution < -0.4 is 10.9 Å². The summed E-state index contributed by atoms with van der Waals surface area (Å²) in [5, 5.41) is 20.7. The van der Waals surface area contributed by atoms with Gasteiger partial charge >= 0.3 is 11.9 Å².